The van der Waals surface area contributed by atoms with Gasteiger partial charge < -0.3 is 15.3 Å². The Morgan fingerprint density at radius 2 is 1.95 bits per heavy atom. The number of piperidine rings is 1. The van der Waals surface area contributed by atoms with Gasteiger partial charge >= 0.3 is 6.03 Å². The number of carbonyl (C=O) groups excluding carboxylic acids is 1. The van der Waals surface area contributed by atoms with Gasteiger partial charge in [0.15, 0.2) is 0 Å². The maximum absolute atomic E-state index is 12.1. The second-order valence-electron chi connectivity index (χ2n) is 5.91. The van der Waals surface area contributed by atoms with Crippen LogP contribution in [0.4, 0.5) is 4.79 Å². The number of unbranched alkanes of at least 4 members (excludes halogenated alkanes) is 2. The number of hydrogen-bond donors (Lipinski definition) is 2. The molecule has 1 rings (SSSR count). The first-order valence-electron chi connectivity index (χ1n) is 7.78. The van der Waals surface area contributed by atoms with E-state index in [4.69, 9.17) is 0 Å². The van der Waals surface area contributed by atoms with Crippen LogP contribution in [0.2, 0.25) is 0 Å². The molecule has 1 heterocycles. The minimum absolute atomic E-state index is 0.0630. The van der Waals surface area contributed by atoms with Crippen LogP contribution in [0.25, 0.3) is 0 Å². The molecule has 1 fully saturated rings. The second kappa shape index (κ2) is 8.41. The molecule has 0 aliphatic carbocycles. The quantitative estimate of drug-likeness (QED) is 0.729. The van der Waals surface area contributed by atoms with Crippen molar-refractivity contribution in [1.82, 2.24) is 10.2 Å². The van der Waals surface area contributed by atoms with Crippen LogP contribution in [0, 0.1) is 5.92 Å². The molecule has 4 nitrogen and oxygen atoms in total. The topological polar surface area (TPSA) is 52.6 Å². The number of urea groups is 1. The van der Waals surface area contributed by atoms with Gasteiger partial charge in [-0.25, -0.2) is 4.79 Å². The summed E-state index contributed by atoms with van der Waals surface area (Å²) in [7, 11) is 0. The zero-order valence-electron chi connectivity index (χ0n) is 12.7. The fraction of sp³-hybridized carbons (Fsp3) is 0.933. The van der Waals surface area contributed by atoms with Crippen LogP contribution in [0.1, 0.15) is 59.3 Å². The summed E-state index contributed by atoms with van der Waals surface area (Å²) in [5.74, 6) is 0.353. The van der Waals surface area contributed by atoms with Gasteiger partial charge in [-0.05, 0) is 39.0 Å². The Balaban J connectivity index is 2.23. The number of likely N-dealkylation sites (tertiary alicyclic amines) is 1. The summed E-state index contributed by atoms with van der Waals surface area (Å²) in [6.07, 6.45) is 6.27. The maximum Gasteiger partial charge on any atom is 0.317 e. The minimum atomic E-state index is -0.252. The molecule has 0 bridgehead atoms. The molecule has 2 atom stereocenters. The Kier molecular flexibility index (Phi) is 7.21. The predicted octanol–water partition coefficient (Wildman–Crippen LogP) is 2.76. The lowest BCUT2D eigenvalue weighted by Crippen LogP contribution is -2.48. The van der Waals surface area contributed by atoms with Crippen LogP contribution in [0.5, 0.6) is 0 Å². The normalized spacial score (nSPS) is 20.1. The van der Waals surface area contributed by atoms with Gasteiger partial charge in [0.1, 0.15) is 0 Å². The summed E-state index contributed by atoms with van der Waals surface area (Å²) in [6, 6.07) is 0.321. The second-order valence-corrected chi connectivity index (χ2v) is 5.91. The highest BCUT2D eigenvalue weighted by molar-refractivity contribution is 5.74. The Hall–Kier alpha value is -0.770. The van der Waals surface area contributed by atoms with Crippen molar-refractivity contribution < 1.29 is 9.90 Å². The van der Waals surface area contributed by atoms with Crippen molar-refractivity contribution in [3.63, 3.8) is 0 Å². The molecular weight excluding hydrogens is 240 g/mol. The van der Waals surface area contributed by atoms with Gasteiger partial charge in [-0.3, -0.25) is 0 Å². The minimum Gasteiger partial charge on any atom is -0.393 e. The van der Waals surface area contributed by atoms with E-state index in [0.717, 1.165) is 32.4 Å². The van der Waals surface area contributed by atoms with Crippen LogP contribution in [0.3, 0.4) is 0 Å². The lowest BCUT2D eigenvalue weighted by molar-refractivity contribution is 0.0793. The molecule has 112 valence electrons. The monoisotopic (exact) mass is 270 g/mol. The van der Waals surface area contributed by atoms with Crippen LogP contribution >= 0.6 is 0 Å². The molecular formula is C15H30N2O2. The predicted molar refractivity (Wildman–Crippen MR) is 78.1 cm³/mol. The molecule has 0 radical (unpaired) electrons. The summed E-state index contributed by atoms with van der Waals surface area (Å²) in [6.45, 7) is 7.65. The summed E-state index contributed by atoms with van der Waals surface area (Å²) in [5, 5.41) is 12.6. The molecule has 0 saturated carbocycles. The molecule has 1 aliphatic heterocycles. The average Bonchev–Trinajstić information content (AvgIpc) is 2.39. The first-order chi connectivity index (χ1) is 9.04. The Morgan fingerprint density at radius 1 is 1.32 bits per heavy atom. The van der Waals surface area contributed by atoms with Crippen molar-refractivity contribution in [3.8, 4) is 0 Å². The standard InChI is InChI=1S/C15H30N2O2/c1-4-5-6-7-12(2)16-15(19)17-10-8-14(9-11-17)13(3)18/h12-14,18H,4-11H2,1-3H3,(H,16,19). The molecule has 19 heavy (non-hydrogen) atoms. The molecule has 4 heteroatoms. The van der Waals surface area contributed by atoms with Gasteiger partial charge in [0.25, 0.3) is 0 Å². The van der Waals surface area contributed by atoms with Crippen LogP contribution in [-0.4, -0.2) is 41.3 Å². The van der Waals surface area contributed by atoms with Crippen molar-refractivity contribution >= 4 is 6.03 Å². The molecule has 0 spiro atoms. The molecule has 1 saturated heterocycles. The first kappa shape index (κ1) is 16.3. The zero-order chi connectivity index (χ0) is 14.3. The maximum atomic E-state index is 12.1. The lowest BCUT2D eigenvalue weighted by atomic mass is 9.92. The average molecular weight is 270 g/mol. The summed E-state index contributed by atoms with van der Waals surface area (Å²) < 4.78 is 0. The van der Waals surface area contributed by atoms with E-state index in [9.17, 15) is 9.90 Å². The molecule has 0 aromatic heterocycles. The highest BCUT2D eigenvalue weighted by Gasteiger charge is 2.25. The largest absolute Gasteiger partial charge is 0.393 e. The van der Waals surface area contributed by atoms with E-state index in [1.54, 1.807) is 0 Å². The fourth-order valence-corrected chi connectivity index (χ4v) is 2.66. The summed E-state index contributed by atoms with van der Waals surface area (Å²) in [5.41, 5.74) is 0. The molecule has 2 N–H and O–H groups in total. The number of nitrogens with zero attached hydrogens (tertiary/aromatic N) is 1. The number of amides is 2. The van der Waals surface area contributed by atoms with Crippen molar-refractivity contribution in [1.29, 1.82) is 0 Å². The molecule has 0 aromatic rings. The third kappa shape index (κ3) is 5.81. The van der Waals surface area contributed by atoms with E-state index in [2.05, 4.69) is 19.2 Å². The summed E-state index contributed by atoms with van der Waals surface area (Å²) in [4.78, 5) is 14.0. The third-order valence-corrected chi connectivity index (χ3v) is 4.12. The van der Waals surface area contributed by atoms with Gasteiger partial charge in [-0.15, -0.1) is 0 Å². The number of hydrogen-bond acceptors (Lipinski definition) is 2. The van der Waals surface area contributed by atoms with Crippen LogP contribution < -0.4 is 5.32 Å². The van der Waals surface area contributed by atoms with Gasteiger partial charge in [-0.2, -0.15) is 0 Å². The zero-order valence-corrected chi connectivity index (χ0v) is 12.7. The molecule has 2 unspecified atom stereocenters. The van der Waals surface area contributed by atoms with E-state index < -0.39 is 0 Å². The van der Waals surface area contributed by atoms with Gasteiger partial charge in [-0.1, -0.05) is 26.2 Å². The van der Waals surface area contributed by atoms with Crippen LogP contribution in [-0.2, 0) is 0 Å². The number of aliphatic hydroxyl groups is 1. The van der Waals surface area contributed by atoms with E-state index in [-0.39, 0.29) is 18.2 Å². The third-order valence-electron chi connectivity index (χ3n) is 4.12. The van der Waals surface area contributed by atoms with Crippen molar-refractivity contribution in [2.24, 2.45) is 5.92 Å². The number of carbonyl (C=O) groups is 1. The Bertz CT molecular complexity index is 261. The fourth-order valence-electron chi connectivity index (χ4n) is 2.66. The van der Waals surface area contributed by atoms with Crippen molar-refractivity contribution in [3.05, 3.63) is 0 Å². The van der Waals surface area contributed by atoms with Crippen molar-refractivity contribution in [2.45, 2.75) is 71.4 Å². The number of rotatable bonds is 6. The molecule has 0 aromatic carbocycles. The van der Waals surface area contributed by atoms with Crippen molar-refractivity contribution in [2.75, 3.05) is 13.1 Å². The van der Waals surface area contributed by atoms with Crippen LogP contribution in [0.15, 0.2) is 0 Å². The SMILES string of the molecule is CCCCCC(C)NC(=O)N1CCC(C(C)O)CC1. The first-order valence-corrected chi connectivity index (χ1v) is 7.78. The van der Waals surface area contributed by atoms with E-state index >= 15 is 0 Å². The highest BCUT2D eigenvalue weighted by atomic mass is 16.3. The summed E-state index contributed by atoms with van der Waals surface area (Å²) >= 11 is 0. The lowest BCUT2D eigenvalue weighted by Gasteiger charge is -2.34. The van der Waals surface area contributed by atoms with Gasteiger partial charge in [0.2, 0.25) is 0 Å². The molecule has 1 aliphatic rings. The van der Waals surface area contributed by atoms with E-state index in [1.165, 1.54) is 19.3 Å². The smallest absolute Gasteiger partial charge is 0.317 e. The Labute approximate surface area is 117 Å². The molecule has 2 amide bonds. The van der Waals surface area contributed by atoms with E-state index in [1.807, 2.05) is 11.8 Å². The number of nitrogens with one attached hydrogen (secondary N) is 1. The van der Waals surface area contributed by atoms with Gasteiger partial charge in [0.05, 0.1) is 6.10 Å². The highest BCUT2D eigenvalue weighted by Crippen LogP contribution is 2.20. The number of aliphatic hydroxyl groups excluding tert-OH is 1. The van der Waals surface area contributed by atoms with Gasteiger partial charge in [0, 0.05) is 19.1 Å². The Morgan fingerprint density at radius 3 is 2.47 bits per heavy atom. The van der Waals surface area contributed by atoms with E-state index in [0.29, 0.717) is 5.92 Å².